The first-order valence-electron chi connectivity index (χ1n) is 6.11. The van der Waals surface area contributed by atoms with Gasteiger partial charge in [-0.25, -0.2) is 0 Å². The van der Waals surface area contributed by atoms with Gasteiger partial charge in [-0.15, -0.1) is 0 Å². The Labute approximate surface area is 93.0 Å². The van der Waals surface area contributed by atoms with Crippen LogP contribution in [-0.4, -0.2) is 30.5 Å². The molecule has 0 radical (unpaired) electrons. The molecule has 3 N–H and O–H groups in total. The molecule has 3 unspecified atom stereocenters. The summed E-state index contributed by atoms with van der Waals surface area (Å²) in [5.41, 5.74) is 5.33. The molecule has 0 spiro atoms. The summed E-state index contributed by atoms with van der Waals surface area (Å²) in [7, 11) is 0. The normalized spacial score (nSPS) is 34.0. The monoisotopic (exact) mass is 215 g/mol. The number of rotatable bonds is 5. The first-order chi connectivity index (χ1) is 7.11. The van der Waals surface area contributed by atoms with E-state index in [-0.39, 0.29) is 0 Å². The fourth-order valence-corrected chi connectivity index (χ4v) is 2.50. The molecule has 1 aliphatic carbocycles. The molecule has 90 valence electrons. The Bertz CT molecular complexity index is 165. The minimum atomic E-state index is -0.400. The van der Waals surface area contributed by atoms with Crippen LogP contribution < -0.4 is 5.73 Å². The van der Waals surface area contributed by atoms with Crippen molar-refractivity contribution in [2.75, 3.05) is 13.2 Å². The number of nitrogens with two attached hydrogens (primary N) is 1. The number of ether oxygens (including phenoxy) is 1. The van der Waals surface area contributed by atoms with Crippen molar-refractivity contribution in [3.8, 4) is 0 Å². The van der Waals surface area contributed by atoms with Crippen molar-refractivity contribution in [1.82, 2.24) is 0 Å². The zero-order valence-electron chi connectivity index (χ0n) is 9.98. The highest BCUT2D eigenvalue weighted by atomic mass is 16.5. The Kier molecular flexibility index (Phi) is 5.58. The van der Waals surface area contributed by atoms with Gasteiger partial charge in [-0.1, -0.05) is 13.8 Å². The molecule has 1 rings (SSSR count). The van der Waals surface area contributed by atoms with Crippen molar-refractivity contribution in [3.63, 3.8) is 0 Å². The highest BCUT2D eigenvalue weighted by molar-refractivity contribution is 4.75. The molecule has 0 amide bonds. The first kappa shape index (κ1) is 12.9. The van der Waals surface area contributed by atoms with Crippen LogP contribution in [0.5, 0.6) is 0 Å². The van der Waals surface area contributed by atoms with Gasteiger partial charge in [0.25, 0.3) is 0 Å². The molecular weight excluding hydrogens is 190 g/mol. The maximum Gasteiger partial charge on any atom is 0.0684 e. The number of aliphatic hydroxyl groups excluding tert-OH is 1. The maximum absolute atomic E-state index is 9.29. The summed E-state index contributed by atoms with van der Waals surface area (Å²) >= 11 is 0. The van der Waals surface area contributed by atoms with Crippen molar-refractivity contribution >= 4 is 0 Å². The van der Waals surface area contributed by atoms with Gasteiger partial charge in [-0.05, 0) is 37.5 Å². The van der Waals surface area contributed by atoms with Gasteiger partial charge in [-0.3, -0.25) is 0 Å². The summed E-state index contributed by atoms with van der Waals surface area (Å²) in [6, 6.07) is 0. The van der Waals surface area contributed by atoms with Crippen LogP contribution in [0.2, 0.25) is 0 Å². The molecule has 0 aromatic rings. The van der Waals surface area contributed by atoms with Crippen LogP contribution in [0, 0.1) is 11.8 Å². The van der Waals surface area contributed by atoms with Crippen LogP contribution in [-0.2, 0) is 4.74 Å². The molecular formula is C12H25NO2. The quantitative estimate of drug-likeness (QED) is 0.731. The van der Waals surface area contributed by atoms with E-state index in [2.05, 4.69) is 13.8 Å². The van der Waals surface area contributed by atoms with Crippen molar-refractivity contribution in [1.29, 1.82) is 0 Å². The molecule has 0 heterocycles. The van der Waals surface area contributed by atoms with Crippen molar-refractivity contribution < 1.29 is 9.84 Å². The Morgan fingerprint density at radius 1 is 1.27 bits per heavy atom. The number of hydrogen-bond acceptors (Lipinski definition) is 3. The topological polar surface area (TPSA) is 55.5 Å². The van der Waals surface area contributed by atoms with Crippen molar-refractivity contribution in [3.05, 3.63) is 0 Å². The molecule has 3 heteroatoms. The van der Waals surface area contributed by atoms with Gasteiger partial charge in [0, 0.05) is 13.2 Å². The SMILES string of the molecule is CC1CC(C)CC(OCCC(O)CN)C1. The van der Waals surface area contributed by atoms with Gasteiger partial charge in [0.1, 0.15) is 0 Å². The lowest BCUT2D eigenvalue weighted by Gasteiger charge is -2.31. The average molecular weight is 215 g/mol. The fourth-order valence-electron chi connectivity index (χ4n) is 2.50. The highest BCUT2D eigenvalue weighted by Crippen LogP contribution is 2.30. The second-order valence-electron chi connectivity index (χ2n) is 5.09. The molecule has 3 nitrogen and oxygen atoms in total. The van der Waals surface area contributed by atoms with E-state index in [4.69, 9.17) is 10.5 Å². The average Bonchev–Trinajstić information content (AvgIpc) is 2.16. The molecule has 0 bridgehead atoms. The zero-order chi connectivity index (χ0) is 11.3. The van der Waals surface area contributed by atoms with Crippen LogP contribution >= 0.6 is 0 Å². The number of hydrogen-bond donors (Lipinski definition) is 2. The maximum atomic E-state index is 9.29. The smallest absolute Gasteiger partial charge is 0.0684 e. The summed E-state index contributed by atoms with van der Waals surface area (Å²) < 4.78 is 5.78. The van der Waals surface area contributed by atoms with Crippen LogP contribution in [0.1, 0.15) is 39.5 Å². The predicted octanol–water partition coefficient (Wildman–Crippen LogP) is 1.54. The Hall–Kier alpha value is -0.120. The lowest BCUT2D eigenvalue weighted by atomic mass is 9.82. The van der Waals surface area contributed by atoms with Gasteiger partial charge in [0.2, 0.25) is 0 Å². The second-order valence-corrected chi connectivity index (χ2v) is 5.09. The van der Waals surface area contributed by atoms with E-state index in [0.29, 0.717) is 25.7 Å². The van der Waals surface area contributed by atoms with Gasteiger partial charge in [-0.2, -0.15) is 0 Å². The van der Waals surface area contributed by atoms with Crippen LogP contribution in [0.3, 0.4) is 0 Å². The molecule has 1 fully saturated rings. The van der Waals surface area contributed by atoms with Gasteiger partial charge < -0.3 is 15.6 Å². The summed E-state index contributed by atoms with van der Waals surface area (Å²) in [6.45, 7) is 5.56. The van der Waals surface area contributed by atoms with Crippen LogP contribution in [0.4, 0.5) is 0 Å². The lowest BCUT2D eigenvalue weighted by Crippen LogP contribution is -2.28. The molecule has 0 aromatic heterocycles. The number of aliphatic hydroxyl groups is 1. The van der Waals surface area contributed by atoms with E-state index in [9.17, 15) is 5.11 Å². The van der Waals surface area contributed by atoms with Gasteiger partial charge >= 0.3 is 0 Å². The Morgan fingerprint density at radius 3 is 2.40 bits per heavy atom. The standard InChI is InChI=1S/C12H25NO2/c1-9-5-10(2)7-12(6-9)15-4-3-11(14)8-13/h9-12,14H,3-8,13H2,1-2H3. The van der Waals surface area contributed by atoms with E-state index < -0.39 is 6.10 Å². The van der Waals surface area contributed by atoms with Gasteiger partial charge in [0.05, 0.1) is 12.2 Å². The zero-order valence-corrected chi connectivity index (χ0v) is 9.98. The summed E-state index contributed by atoms with van der Waals surface area (Å²) in [6.07, 6.45) is 4.32. The van der Waals surface area contributed by atoms with E-state index in [1.54, 1.807) is 0 Å². The van der Waals surface area contributed by atoms with Crippen LogP contribution in [0.15, 0.2) is 0 Å². The third kappa shape index (κ3) is 4.96. The van der Waals surface area contributed by atoms with E-state index >= 15 is 0 Å². The summed E-state index contributed by atoms with van der Waals surface area (Å²) in [5, 5.41) is 9.29. The Balaban J connectivity index is 2.15. The predicted molar refractivity (Wildman–Crippen MR) is 61.6 cm³/mol. The van der Waals surface area contributed by atoms with Crippen LogP contribution in [0.25, 0.3) is 0 Å². The minimum Gasteiger partial charge on any atom is -0.392 e. The third-order valence-electron chi connectivity index (χ3n) is 3.21. The largest absolute Gasteiger partial charge is 0.392 e. The second kappa shape index (κ2) is 6.46. The van der Waals surface area contributed by atoms with Crippen molar-refractivity contribution in [2.24, 2.45) is 17.6 Å². The van der Waals surface area contributed by atoms with Gasteiger partial charge in [0.15, 0.2) is 0 Å². The van der Waals surface area contributed by atoms with E-state index in [1.807, 2.05) is 0 Å². The van der Waals surface area contributed by atoms with E-state index in [0.717, 1.165) is 11.8 Å². The first-order valence-corrected chi connectivity index (χ1v) is 6.11. The Morgan fingerprint density at radius 2 is 1.87 bits per heavy atom. The van der Waals surface area contributed by atoms with E-state index in [1.165, 1.54) is 19.3 Å². The minimum absolute atomic E-state index is 0.334. The molecule has 3 atom stereocenters. The molecule has 15 heavy (non-hydrogen) atoms. The summed E-state index contributed by atoms with van der Waals surface area (Å²) in [4.78, 5) is 0. The summed E-state index contributed by atoms with van der Waals surface area (Å²) in [5.74, 6) is 1.55. The molecule has 0 aliphatic heterocycles. The molecule has 0 saturated heterocycles. The fraction of sp³-hybridized carbons (Fsp3) is 1.00. The van der Waals surface area contributed by atoms with Crippen molar-refractivity contribution in [2.45, 2.75) is 51.7 Å². The highest BCUT2D eigenvalue weighted by Gasteiger charge is 2.24. The molecule has 1 aliphatic rings. The third-order valence-corrected chi connectivity index (χ3v) is 3.21. The molecule has 1 saturated carbocycles. The lowest BCUT2D eigenvalue weighted by molar-refractivity contribution is -0.0118. The molecule has 0 aromatic carbocycles.